The van der Waals surface area contributed by atoms with Gasteiger partial charge < -0.3 is 13.8 Å². The Morgan fingerprint density at radius 2 is 1.78 bits per heavy atom. The van der Waals surface area contributed by atoms with E-state index in [0.29, 0.717) is 0 Å². The molecule has 0 amide bonds. The van der Waals surface area contributed by atoms with E-state index < -0.39 is 11.4 Å². The van der Waals surface area contributed by atoms with E-state index in [4.69, 9.17) is 18.1 Å². The normalized spacial score (nSPS) is 11.6. The van der Waals surface area contributed by atoms with Crippen LogP contribution in [0, 0.1) is 0 Å². The van der Waals surface area contributed by atoms with Gasteiger partial charge in [0.1, 0.15) is 0 Å². The van der Waals surface area contributed by atoms with Crippen molar-refractivity contribution in [3.8, 4) is 0 Å². The van der Waals surface area contributed by atoms with E-state index >= 15 is 0 Å². The highest BCUT2D eigenvalue weighted by Crippen LogP contribution is 1.64. The maximum absolute atomic E-state index is 8.56. The summed E-state index contributed by atoms with van der Waals surface area (Å²) in [7, 11) is 0. The topological polar surface area (TPSA) is 69.6 Å². The SMILES string of the molecule is CCOCC.O=S([O-])O. The summed E-state index contributed by atoms with van der Waals surface area (Å²) in [6.07, 6.45) is 0. The number of ether oxygens (including phenoxy) is 1. The van der Waals surface area contributed by atoms with Crippen LogP contribution in [0.3, 0.4) is 0 Å². The van der Waals surface area contributed by atoms with Gasteiger partial charge in [-0.15, -0.1) is 0 Å². The zero-order valence-electron chi connectivity index (χ0n) is 5.49. The molecule has 0 fully saturated rings. The summed E-state index contributed by atoms with van der Waals surface area (Å²) in [6.45, 7) is 5.67. The highest BCUT2D eigenvalue weighted by Gasteiger charge is 1.64. The Labute approximate surface area is 57.3 Å². The van der Waals surface area contributed by atoms with Crippen molar-refractivity contribution in [2.24, 2.45) is 0 Å². The molecule has 0 heterocycles. The molecule has 0 aromatic heterocycles. The van der Waals surface area contributed by atoms with Gasteiger partial charge in [-0.2, -0.15) is 0 Å². The molecule has 0 saturated heterocycles. The van der Waals surface area contributed by atoms with Crippen LogP contribution in [0.5, 0.6) is 0 Å². The van der Waals surface area contributed by atoms with E-state index in [2.05, 4.69) is 0 Å². The highest BCUT2D eigenvalue weighted by atomic mass is 32.2. The minimum Gasteiger partial charge on any atom is -0.750 e. The lowest BCUT2D eigenvalue weighted by Gasteiger charge is -1.86. The van der Waals surface area contributed by atoms with Crippen LogP contribution >= 0.6 is 0 Å². The van der Waals surface area contributed by atoms with Crippen molar-refractivity contribution in [1.29, 1.82) is 0 Å². The third kappa shape index (κ3) is 70.9. The molecule has 0 rings (SSSR count). The second-order valence-corrected chi connectivity index (χ2v) is 1.43. The Morgan fingerprint density at radius 1 is 1.56 bits per heavy atom. The van der Waals surface area contributed by atoms with Crippen LogP contribution in [0.4, 0.5) is 0 Å². The summed E-state index contributed by atoms with van der Waals surface area (Å²) in [5.41, 5.74) is 0. The monoisotopic (exact) mass is 155 g/mol. The fourth-order valence-corrected chi connectivity index (χ4v) is 0.204. The zero-order chi connectivity index (χ0) is 7.70. The number of rotatable bonds is 2. The van der Waals surface area contributed by atoms with Crippen molar-refractivity contribution in [3.05, 3.63) is 0 Å². The molecule has 0 aromatic rings. The van der Waals surface area contributed by atoms with Crippen molar-refractivity contribution in [2.75, 3.05) is 13.2 Å². The van der Waals surface area contributed by atoms with Crippen molar-refractivity contribution in [2.45, 2.75) is 13.8 Å². The molecule has 0 saturated carbocycles. The molecule has 4 nitrogen and oxygen atoms in total. The van der Waals surface area contributed by atoms with Crippen molar-refractivity contribution in [3.63, 3.8) is 0 Å². The summed E-state index contributed by atoms with van der Waals surface area (Å²) in [6, 6.07) is 0. The van der Waals surface area contributed by atoms with E-state index in [1.807, 2.05) is 13.8 Å². The largest absolute Gasteiger partial charge is 0.750 e. The predicted molar refractivity (Wildman–Crippen MR) is 33.7 cm³/mol. The van der Waals surface area contributed by atoms with Gasteiger partial charge in [0, 0.05) is 13.2 Å². The fourth-order valence-electron chi connectivity index (χ4n) is 0.204. The van der Waals surface area contributed by atoms with Crippen LogP contribution in [0.2, 0.25) is 0 Å². The number of hydrogen-bond acceptors (Lipinski definition) is 3. The third-order valence-electron chi connectivity index (χ3n) is 0.408. The van der Waals surface area contributed by atoms with Gasteiger partial charge in [0.25, 0.3) is 0 Å². The molecule has 0 aromatic carbocycles. The number of hydrogen-bond donors (Lipinski definition) is 1. The van der Waals surface area contributed by atoms with Crippen LogP contribution in [0.15, 0.2) is 0 Å². The van der Waals surface area contributed by atoms with Crippen molar-refractivity contribution < 1.29 is 18.1 Å². The third-order valence-corrected chi connectivity index (χ3v) is 0.408. The molecule has 0 radical (unpaired) electrons. The van der Waals surface area contributed by atoms with Gasteiger partial charge in [0.05, 0.1) is 11.4 Å². The van der Waals surface area contributed by atoms with Gasteiger partial charge in [-0.25, -0.2) is 4.21 Å². The second kappa shape index (κ2) is 10.9. The Kier molecular flexibility index (Phi) is 14.3. The Hall–Kier alpha value is 0.0300. The van der Waals surface area contributed by atoms with E-state index in [1.165, 1.54) is 0 Å². The molecule has 1 atom stereocenters. The summed E-state index contributed by atoms with van der Waals surface area (Å²) in [5, 5.41) is 0. The first-order valence-corrected chi connectivity index (χ1v) is 3.54. The van der Waals surface area contributed by atoms with E-state index in [1.54, 1.807) is 0 Å². The predicted octanol–water partition coefficient (Wildman–Crippen LogP) is 0.381. The van der Waals surface area contributed by atoms with E-state index in [9.17, 15) is 0 Å². The molecule has 5 heteroatoms. The maximum atomic E-state index is 8.56. The fraction of sp³-hybridized carbons (Fsp3) is 1.00. The van der Waals surface area contributed by atoms with Gasteiger partial charge in [-0.1, -0.05) is 0 Å². The maximum Gasteiger partial charge on any atom is 0.0814 e. The lowest BCUT2D eigenvalue weighted by molar-refractivity contribution is 0.162. The smallest absolute Gasteiger partial charge is 0.0814 e. The molecule has 0 aliphatic rings. The van der Waals surface area contributed by atoms with E-state index in [0.717, 1.165) is 13.2 Å². The van der Waals surface area contributed by atoms with Gasteiger partial charge in [0.2, 0.25) is 0 Å². The summed E-state index contributed by atoms with van der Waals surface area (Å²) < 4.78 is 28.9. The first-order valence-electron chi connectivity index (χ1n) is 2.51. The molecule has 58 valence electrons. The molecule has 0 spiro atoms. The second-order valence-electron chi connectivity index (χ2n) is 0.999. The lowest BCUT2D eigenvalue weighted by Crippen LogP contribution is -1.84. The van der Waals surface area contributed by atoms with Crippen LogP contribution in [-0.4, -0.2) is 26.5 Å². The molecular formula is C4H11O4S-. The zero-order valence-corrected chi connectivity index (χ0v) is 6.31. The first-order chi connectivity index (χ1) is 4.15. The Bertz CT molecular complexity index is 59.6. The molecule has 1 unspecified atom stereocenters. The average molecular weight is 155 g/mol. The lowest BCUT2D eigenvalue weighted by atomic mass is 10.8. The quantitative estimate of drug-likeness (QED) is 0.585. The first kappa shape index (κ1) is 11.8. The minimum absolute atomic E-state index is 0.844. The standard InChI is InChI=1S/C4H10O.H2O3S/c1-3-5-4-2;1-4(2)3/h3-4H2,1-2H3;(H2,1,2,3)/p-1. The van der Waals surface area contributed by atoms with Gasteiger partial charge in [0.15, 0.2) is 0 Å². The minimum atomic E-state index is -2.86. The average Bonchev–Trinajstić information content (AvgIpc) is 1.66. The van der Waals surface area contributed by atoms with Gasteiger partial charge in [-0.05, 0) is 13.8 Å². The molecule has 1 N–H and O–H groups in total. The summed E-state index contributed by atoms with van der Waals surface area (Å²) >= 11 is -2.86. The molecule has 0 aliphatic heterocycles. The van der Waals surface area contributed by atoms with Crippen LogP contribution in [-0.2, 0) is 16.1 Å². The summed E-state index contributed by atoms with van der Waals surface area (Å²) in [5.74, 6) is 0. The van der Waals surface area contributed by atoms with Crippen LogP contribution < -0.4 is 0 Å². The molecular weight excluding hydrogens is 144 g/mol. The highest BCUT2D eigenvalue weighted by molar-refractivity contribution is 7.73. The molecule has 0 aliphatic carbocycles. The van der Waals surface area contributed by atoms with Gasteiger partial charge in [-0.3, -0.25) is 0 Å². The molecule has 9 heavy (non-hydrogen) atoms. The van der Waals surface area contributed by atoms with Crippen LogP contribution in [0.25, 0.3) is 0 Å². The van der Waals surface area contributed by atoms with Crippen molar-refractivity contribution >= 4 is 11.4 Å². The van der Waals surface area contributed by atoms with Crippen LogP contribution in [0.1, 0.15) is 13.8 Å². The Balaban J connectivity index is 0. The van der Waals surface area contributed by atoms with Gasteiger partial charge >= 0.3 is 0 Å². The Morgan fingerprint density at radius 3 is 1.78 bits per heavy atom. The van der Waals surface area contributed by atoms with Crippen molar-refractivity contribution in [1.82, 2.24) is 0 Å². The van der Waals surface area contributed by atoms with E-state index in [-0.39, 0.29) is 0 Å². The summed E-state index contributed by atoms with van der Waals surface area (Å²) in [4.78, 5) is 0. The molecule has 0 bridgehead atoms.